The van der Waals surface area contributed by atoms with E-state index in [4.69, 9.17) is 10.2 Å². The van der Waals surface area contributed by atoms with Crippen molar-refractivity contribution in [2.75, 3.05) is 0 Å². The van der Waals surface area contributed by atoms with Gasteiger partial charge >= 0.3 is 11.9 Å². The average molecular weight is 272 g/mol. The molecule has 0 aliphatic heterocycles. The van der Waals surface area contributed by atoms with Crippen molar-refractivity contribution in [3.8, 4) is 0 Å². The molecule has 5 nitrogen and oxygen atoms in total. The summed E-state index contributed by atoms with van der Waals surface area (Å²) in [6.45, 7) is 1.54. The number of rotatable bonds is 12. The molecule has 0 aliphatic carbocycles. The van der Waals surface area contributed by atoms with Crippen molar-refractivity contribution in [3.05, 3.63) is 0 Å². The summed E-state index contributed by atoms with van der Waals surface area (Å²) in [5.41, 5.74) is 0. The maximum atomic E-state index is 11.4. The summed E-state index contributed by atoms with van der Waals surface area (Å²) in [6, 6.07) is 0. The van der Waals surface area contributed by atoms with Crippen LogP contribution in [0.4, 0.5) is 0 Å². The van der Waals surface area contributed by atoms with Crippen LogP contribution < -0.4 is 0 Å². The maximum absolute atomic E-state index is 11.4. The van der Waals surface area contributed by atoms with Crippen molar-refractivity contribution in [3.63, 3.8) is 0 Å². The Bertz CT molecular complexity index is 298. The number of ketones is 1. The molecule has 0 aromatic rings. The molecule has 0 aliphatic rings. The van der Waals surface area contributed by atoms with Gasteiger partial charge in [0.1, 0.15) is 5.78 Å². The van der Waals surface area contributed by atoms with Gasteiger partial charge in [-0.3, -0.25) is 14.4 Å². The van der Waals surface area contributed by atoms with Crippen molar-refractivity contribution >= 4 is 17.7 Å². The Morgan fingerprint density at radius 1 is 0.842 bits per heavy atom. The van der Waals surface area contributed by atoms with Crippen LogP contribution in [-0.4, -0.2) is 27.9 Å². The van der Waals surface area contributed by atoms with Gasteiger partial charge in [0.2, 0.25) is 0 Å². The Balaban J connectivity index is 3.37. The van der Waals surface area contributed by atoms with Crippen molar-refractivity contribution in [1.82, 2.24) is 0 Å². The van der Waals surface area contributed by atoms with E-state index >= 15 is 0 Å². The quantitative estimate of drug-likeness (QED) is 0.533. The van der Waals surface area contributed by atoms with E-state index in [2.05, 4.69) is 0 Å². The summed E-state index contributed by atoms with van der Waals surface area (Å²) >= 11 is 0. The number of carbonyl (C=O) groups is 3. The van der Waals surface area contributed by atoms with Gasteiger partial charge < -0.3 is 10.2 Å². The topological polar surface area (TPSA) is 91.7 Å². The van der Waals surface area contributed by atoms with Gasteiger partial charge in [0.15, 0.2) is 0 Å². The monoisotopic (exact) mass is 272 g/mol. The number of hydrogen-bond donors (Lipinski definition) is 2. The number of carbonyl (C=O) groups excluding carboxylic acids is 1. The van der Waals surface area contributed by atoms with E-state index in [9.17, 15) is 14.4 Å². The molecule has 110 valence electrons. The van der Waals surface area contributed by atoms with Crippen LogP contribution in [0.3, 0.4) is 0 Å². The molecule has 0 rings (SSSR count). The van der Waals surface area contributed by atoms with Crippen molar-refractivity contribution in [2.45, 2.75) is 64.7 Å². The highest BCUT2D eigenvalue weighted by Crippen LogP contribution is 2.11. The van der Waals surface area contributed by atoms with E-state index in [-0.39, 0.29) is 18.6 Å². The third-order valence-corrected chi connectivity index (χ3v) is 3.05. The van der Waals surface area contributed by atoms with Gasteiger partial charge in [0.05, 0.1) is 5.92 Å². The molecule has 19 heavy (non-hydrogen) atoms. The van der Waals surface area contributed by atoms with E-state index in [1.165, 1.54) is 0 Å². The summed E-state index contributed by atoms with van der Waals surface area (Å²) in [4.78, 5) is 32.3. The molecule has 0 heterocycles. The van der Waals surface area contributed by atoms with E-state index in [0.717, 1.165) is 32.1 Å². The van der Waals surface area contributed by atoms with Gasteiger partial charge in [0.25, 0.3) is 0 Å². The van der Waals surface area contributed by atoms with E-state index in [1.54, 1.807) is 6.92 Å². The highest BCUT2D eigenvalue weighted by molar-refractivity contribution is 5.83. The lowest BCUT2D eigenvalue weighted by molar-refractivity contribution is -0.143. The molecule has 0 fully saturated rings. The Hall–Kier alpha value is -1.39. The second kappa shape index (κ2) is 10.5. The summed E-state index contributed by atoms with van der Waals surface area (Å²) in [7, 11) is 0. The summed E-state index contributed by atoms with van der Waals surface area (Å²) < 4.78 is 0. The fourth-order valence-electron chi connectivity index (χ4n) is 1.84. The van der Waals surface area contributed by atoms with Gasteiger partial charge in [-0.25, -0.2) is 0 Å². The minimum absolute atomic E-state index is 0.0146. The smallest absolute Gasteiger partial charge is 0.306 e. The molecular weight excluding hydrogens is 248 g/mol. The fraction of sp³-hybridized carbons (Fsp3) is 0.786. The van der Waals surface area contributed by atoms with Crippen LogP contribution in [0.5, 0.6) is 0 Å². The molecule has 2 N–H and O–H groups in total. The molecule has 0 saturated carbocycles. The van der Waals surface area contributed by atoms with Crippen LogP contribution >= 0.6 is 0 Å². The van der Waals surface area contributed by atoms with Gasteiger partial charge in [-0.05, 0) is 12.8 Å². The zero-order chi connectivity index (χ0) is 14.7. The molecule has 0 saturated heterocycles. The van der Waals surface area contributed by atoms with Gasteiger partial charge in [-0.2, -0.15) is 0 Å². The summed E-state index contributed by atoms with van der Waals surface area (Å²) in [6.07, 6.45) is 6.16. The van der Waals surface area contributed by atoms with Crippen LogP contribution in [0.15, 0.2) is 0 Å². The maximum Gasteiger partial charge on any atom is 0.306 e. The number of carboxylic acid groups (broad SMARTS) is 2. The van der Waals surface area contributed by atoms with Gasteiger partial charge in [0, 0.05) is 19.3 Å². The summed E-state index contributed by atoms with van der Waals surface area (Å²) in [5.74, 6) is -2.26. The van der Waals surface area contributed by atoms with Crippen molar-refractivity contribution in [1.29, 1.82) is 0 Å². The predicted octanol–water partition coefficient (Wildman–Crippen LogP) is 2.87. The van der Waals surface area contributed by atoms with Crippen molar-refractivity contribution < 1.29 is 24.6 Å². The minimum Gasteiger partial charge on any atom is -0.481 e. The Labute approximate surface area is 114 Å². The fourth-order valence-corrected chi connectivity index (χ4v) is 1.84. The van der Waals surface area contributed by atoms with E-state index < -0.39 is 17.9 Å². The lowest BCUT2D eigenvalue weighted by Gasteiger charge is -2.05. The molecular formula is C14H24O5. The summed E-state index contributed by atoms with van der Waals surface area (Å²) in [5, 5.41) is 17.1. The Kier molecular flexibility index (Phi) is 9.75. The first-order valence-electron chi connectivity index (χ1n) is 6.89. The molecule has 0 aromatic carbocycles. The first kappa shape index (κ1) is 17.6. The second-order valence-electron chi connectivity index (χ2n) is 5.00. The number of carboxylic acids is 2. The highest BCUT2D eigenvalue weighted by Gasteiger charge is 2.14. The lowest BCUT2D eigenvalue weighted by Crippen LogP contribution is -2.14. The van der Waals surface area contributed by atoms with Gasteiger partial charge in [-0.15, -0.1) is 0 Å². The third kappa shape index (κ3) is 11.4. The first-order chi connectivity index (χ1) is 8.93. The zero-order valence-electron chi connectivity index (χ0n) is 11.6. The second-order valence-corrected chi connectivity index (χ2v) is 5.00. The largest absolute Gasteiger partial charge is 0.481 e. The molecule has 0 bridgehead atoms. The van der Waals surface area contributed by atoms with Crippen LogP contribution in [0, 0.1) is 5.92 Å². The van der Waals surface area contributed by atoms with E-state index in [0.29, 0.717) is 12.8 Å². The highest BCUT2D eigenvalue weighted by atomic mass is 16.4. The average Bonchev–Trinajstić information content (AvgIpc) is 2.31. The molecule has 1 atom stereocenters. The molecule has 0 amide bonds. The van der Waals surface area contributed by atoms with Crippen LogP contribution in [0.25, 0.3) is 0 Å². The number of Topliss-reactive ketones (excluding diaryl/α,β-unsaturated/α-hetero) is 1. The SMILES string of the molecule is CC(CC(=O)CCCCCCCCC(=O)O)C(=O)O. The van der Waals surface area contributed by atoms with Crippen LogP contribution in [-0.2, 0) is 14.4 Å². The van der Waals surface area contributed by atoms with Crippen molar-refractivity contribution in [2.24, 2.45) is 5.92 Å². The first-order valence-corrected chi connectivity index (χ1v) is 6.89. The lowest BCUT2D eigenvalue weighted by atomic mass is 10.0. The third-order valence-electron chi connectivity index (χ3n) is 3.05. The van der Waals surface area contributed by atoms with E-state index in [1.807, 2.05) is 0 Å². The number of hydrogen-bond acceptors (Lipinski definition) is 3. The molecule has 0 aromatic heterocycles. The number of aliphatic carboxylic acids is 2. The Morgan fingerprint density at radius 2 is 1.32 bits per heavy atom. The van der Waals surface area contributed by atoms with Gasteiger partial charge in [-0.1, -0.05) is 32.6 Å². The normalized spacial score (nSPS) is 12.1. The minimum atomic E-state index is -0.924. The molecule has 0 spiro atoms. The Morgan fingerprint density at radius 3 is 1.79 bits per heavy atom. The van der Waals surface area contributed by atoms with Crippen LogP contribution in [0.1, 0.15) is 64.7 Å². The molecule has 1 unspecified atom stereocenters. The molecule has 0 radical (unpaired) electrons. The predicted molar refractivity (Wildman–Crippen MR) is 71.0 cm³/mol. The number of unbranched alkanes of at least 4 members (excludes halogenated alkanes) is 5. The molecule has 5 heteroatoms. The zero-order valence-corrected chi connectivity index (χ0v) is 11.6. The standard InChI is InChI=1S/C14H24O5/c1-11(14(18)19)10-12(15)8-6-4-2-3-5-7-9-13(16)17/h11H,2-10H2,1H3,(H,16,17)(H,18,19). The van der Waals surface area contributed by atoms with Crippen LogP contribution in [0.2, 0.25) is 0 Å².